The second-order valence-electron chi connectivity index (χ2n) is 3.33. The van der Waals surface area contributed by atoms with E-state index in [1.54, 1.807) is 6.92 Å². The number of amides is 1. The van der Waals surface area contributed by atoms with Crippen LogP contribution in [0, 0.1) is 0 Å². The quantitative estimate of drug-likeness (QED) is 0.724. The molecule has 0 bridgehead atoms. The zero-order valence-electron chi connectivity index (χ0n) is 9.37. The Kier molecular flexibility index (Phi) is 4.38. The van der Waals surface area contributed by atoms with E-state index in [9.17, 15) is 14.4 Å². The molecule has 0 unspecified atom stereocenters. The highest BCUT2D eigenvalue weighted by atomic mass is 16.4. The van der Waals surface area contributed by atoms with Gasteiger partial charge in [-0.2, -0.15) is 0 Å². The molecule has 0 saturated carbocycles. The fourth-order valence-corrected chi connectivity index (χ4v) is 1.29. The molecule has 92 valence electrons. The molecule has 7 heteroatoms. The molecule has 0 saturated heterocycles. The summed E-state index contributed by atoms with van der Waals surface area (Å²) in [6.07, 6.45) is 2.76. The summed E-state index contributed by atoms with van der Waals surface area (Å²) in [5.74, 6) is -1.51. The second-order valence-corrected chi connectivity index (χ2v) is 3.33. The van der Waals surface area contributed by atoms with Gasteiger partial charge in [-0.25, -0.2) is 9.78 Å². The average Bonchev–Trinajstić information content (AvgIpc) is 2.28. The Morgan fingerprint density at radius 3 is 2.76 bits per heavy atom. The number of carboxylic acid groups (broad SMARTS) is 1. The van der Waals surface area contributed by atoms with Crippen LogP contribution in [0.25, 0.3) is 0 Å². The highest BCUT2D eigenvalue weighted by Crippen LogP contribution is 1.92. The second kappa shape index (κ2) is 5.78. The largest absolute Gasteiger partial charge is 0.480 e. The van der Waals surface area contributed by atoms with E-state index < -0.39 is 17.6 Å². The zero-order valence-corrected chi connectivity index (χ0v) is 9.37. The first-order valence-corrected chi connectivity index (χ1v) is 5.05. The van der Waals surface area contributed by atoms with Gasteiger partial charge < -0.3 is 10.0 Å². The van der Waals surface area contributed by atoms with Gasteiger partial charge in [0.25, 0.3) is 0 Å². The molecule has 0 aromatic carbocycles. The molecule has 0 spiro atoms. The summed E-state index contributed by atoms with van der Waals surface area (Å²) >= 11 is 0. The Hall–Kier alpha value is -2.18. The van der Waals surface area contributed by atoms with Crippen LogP contribution in [0.4, 0.5) is 0 Å². The van der Waals surface area contributed by atoms with Crippen molar-refractivity contribution in [3.63, 3.8) is 0 Å². The Morgan fingerprint density at radius 1 is 1.53 bits per heavy atom. The molecule has 1 aromatic rings. The lowest BCUT2D eigenvalue weighted by Gasteiger charge is -2.18. The molecule has 1 rings (SSSR count). The van der Waals surface area contributed by atoms with E-state index in [4.69, 9.17) is 5.11 Å². The van der Waals surface area contributed by atoms with Crippen molar-refractivity contribution < 1.29 is 14.7 Å². The van der Waals surface area contributed by atoms with Crippen molar-refractivity contribution in [1.82, 2.24) is 14.5 Å². The number of carboxylic acids is 1. The summed E-state index contributed by atoms with van der Waals surface area (Å²) in [6.45, 7) is 1.38. The minimum absolute atomic E-state index is 0.201. The normalized spacial score (nSPS) is 9.94. The van der Waals surface area contributed by atoms with Crippen molar-refractivity contribution in [2.24, 2.45) is 0 Å². The van der Waals surface area contributed by atoms with Crippen molar-refractivity contribution in [2.45, 2.75) is 13.5 Å². The van der Waals surface area contributed by atoms with E-state index in [0.717, 1.165) is 9.47 Å². The minimum Gasteiger partial charge on any atom is -0.480 e. The van der Waals surface area contributed by atoms with Crippen LogP contribution >= 0.6 is 0 Å². The third-order valence-corrected chi connectivity index (χ3v) is 2.15. The highest BCUT2D eigenvalue weighted by molar-refractivity contribution is 5.81. The van der Waals surface area contributed by atoms with Crippen LogP contribution in [0.5, 0.6) is 0 Å². The van der Waals surface area contributed by atoms with Gasteiger partial charge in [-0.15, -0.1) is 0 Å². The molecule has 1 aromatic heterocycles. The molecule has 1 heterocycles. The van der Waals surface area contributed by atoms with E-state index in [1.165, 1.54) is 18.5 Å². The number of nitrogens with zero attached hydrogens (tertiary/aromatic N) is 3. The lowest BCUT2D eigenvalue weighted by atomic mass is 10.4. The Morgan fingerprint density at radius 2 is 2.24 bits per heavy atom. The summed E-state index contributed by atoms with van der Waals surface area (Å²) in [4.78, 5) is 38.1. The maximum atomic E-state index is 11.7. The lowest BCUT2D eigenvalue weighted by molar-refractivity contribution is -0.144. The van der Waals surface area contributed by atoms with Crippen molar-refractivity contribution in [3.8, 4) is 0 Å². The van der Waals surface area contributed by atoms with Gasteiger partial charge in [-0.3, -0.25) is 14.2 Å². The predicted molar refractivity (Wildman–Crippen MR) is 58.4 cm³/mol. The summed E-state index contributed by atoms with van der Waals surface area (Å²) in [6, 6.07) is 1.53. The van der Waals surface area contributed by atoms with Crippen LogP contribution in [0.1, 0.15) is 6.92 Å². The number of aromatic nitrogens is 2. The first kappa shape index (κ1) is 12.9. The SMILES string of the molecule is CCN(CC(=O)O)C(=O)Cn1cccnc1=O. The molecule has 17 heavy (non-hydrogen) atoms. The summed E-state index contributed by atoms with van der Waals surface area (Å²) in [7, 11) is 0. The molecular formula is C10H13N3O4. The molecule has 0 atom stereocenters. The third-order valence-electron chi connectivity index (χ3n) is 2.15. The lowest BCUT2D eigenvalue weighted by Crippen LogP contribution is -2.39. The first-order chi connectivity index (χ1) is 8.04. The van der Waals surface area contributed by atoms with Crippen LogP contribution in [0.3, 0.4) is 0 Å². The Balaban J connectivity index is 2.74. The van der Waals surface area contributed by atoms with Gasteiger partial charge in [-0.05, 0) is 13.0 Å². The molecule has 0 fully saturated rings. The van der Waals surface area contributed by atoms with Crippen molar-refractivity contribution in [1.29, 1.82) is 0 Å². The third kappa shape index (κ3) is 3.71. The van der Waals surface area contributed by atoms with Gasteiger partial charge in [0.05, 0.1) is 0 Å². The van der Waals surface area contributed by atoms with Crippen LogP contribution in [-0.2, 0) is 16.1 Å². The molecule has 1 N–H and O–H groups in total. The summed E-state index contributed by atoms with van der Waals surface area (Å²) in [5.41, 5.74) is -0.535. The predicted octanol–water partition coefficient (Wildman–Crippen LogP) is -0.824. The van der Waals surface area contributed by atoms with Gasteiger partial charge in [0.15, 0.2) is 0 Å². The monoisotopic (exact) mass is 239 g/mol. The van der Waals surface area contributed by atoms with Crippen LogP contribution in [-0.4, -0.2) is 44.5 Å². The van der Waals surface area contributed by atoms with E-state index in [0.29, 0.717) is 0 Å². The molecular weight excluding hydrogens is 226 g/mol. The zero-order chi connectivity index (χ0) is 12.8. The Labute approximate surface area is 97.3 Å². The fourth-order valence-electron chi connectivity index (χ4n) is 1.29. The van der Waals surface area contributed by atoms with Crippen molar-refractivity contribution in [3.05, 3.63) is 28.9 Å². The van der Waals surface area contributed by atoms with Gasteiger partial charge >= 0.3 is 11.7 Å². The van der Waals surface area contributed by atoms with E-state index in [-0.39, 0.29) is 19.6 Å². The van der Waals surface area contributed by atoms with E-state index in [1.807, 2.05) is 0 Å². The van der Waals surface area contributed by atoms with Gasteiger partial charge in [0, 0.05) is 18.9 Å². The first-order valence-electron chi connectivity index (χ1n) is 5.05. The molecule has 1 amide bonds. The number of aliphatic carboxylic acids is 1. The van der Waals surface area contributed by atoms with Crippen molar-refractivity contribution in [2.75, 3.05) is 13.1 Å². The van der Waals surface area contributed by atoms with Gasteiger partial charge in [0.1, 0.15) is 13.1 Å². The number of hydrogen-bond donors (Lipinski definition) is 1. The maximum Gasteiger partial charge on any atom is 0.347 e. The van der Waals surface area contributed by atoms with Crippen LogP contribution in [0.15, 0.2) is 23.3 Å². The Bertz CT molecular complexity index is 469. The fraction of sp³-hybridized carbons (Fsp3) is 0.400. The maximum absolute atomic E-state index is 11.7. The van der Waals surface area contributed by atoms with E-state index in [2.05, 4.69) is 4.98 Å². The summed E-state index contributed by atoms with van der Waals surface area (Å²) < 4.78 is 1.13. The highest BCUT2D eigenvalue weighted by Gasteiger charge is 2.15. The summed E-state index contributed by atoms with van der Waals surface area (Å²) in [5, 5.41) is 8.61. The molecule has 0 aliphatic carbocycles. The number of hydrogen-bond acceptors (Lipinski definition) is 4. The van der Waals surface area contributed by atoms with Gasteiger partial charge in [-0.1, -0.05) is 0 Å². The average molecular weight is 239 g/mol. The molecule has 0 aliphatic rings. The van der Waals surface area contributed by atoms with Crippen molar-refractivity contribution >= 4 is 11.9 Å². The van der Waals surface area contributed by atoms with E-state index >= 15 is 0 Å². The smallest absolute Gasteiger partial charge is 0.347 e. The molecule has 7 nitrogen and oxygen atoms in total. The number of carbonyl (C=O) groups excluding carboxylic acids is 1. The van der Waals surface area contributed by atoms with Gasteiger partial charge in [0.2, 0.25) is 5.91 Å². The van der Waals surface area contributed by atoms with Crippen LogP contribution in [0.2, 0.25) is 0 Å². The number of likely N-dealkylation sites (N-methyl/N-ethyl adjacent to an activating group) is 1. The molecule has 0 radical (unpaired) electrons. The molecule has 0 aliphatic heterocycles. The minimum atomic E-state index is -1.08. The topological polar surface area (TPSA) is 92.5 Å². The number of rotatable bonds is 5. The standard InChI is InChI=1S/C10H13N3O4/c1-2-12(7-9(15)16)8(14)6-13-5-3-4-11-10(13)17/h3-5H,2,6-7H2,1H3,(H,15,16). The van der Waals surface area contributed by atoms with Crippen LogP contribution < -0.4 is 5.69 Å². The number of carbonyl (C=O) groups is 2.